The van der Waals surface area contributed by atoms with Crippen molar-refractivity contribution in [2.75, 3.05) is 22.9 Å². The third kappa shape index (κ3) is 5.11. The zero-order valence-corrected chi connectivity index (χ0v) is 15.6. The molecule has 134 valence electrons. The summed E-state index contributed by atoms with van der Waals surface area (Å²) in [5, 5.41) is 3.14. The van der Waals surface area contributed by atoms with Gasteiger partial charge in [-0.25, -0.2) is 8.42 Å². The molecule has 1 atom stereocenters. The molecule has 0 radical (unpaired) electrons. The highest BCUT2D eigenvalue weighted by molar-refractivity contribution is 7.92. The Bertz CT molecular complexity index is 853. The molecule has 0 aliphatic heterocycles. The van der Waals surface area contributed by atoms with E-state index in [9.17, 15) is 13.2 Å². The van der Waals surface area contributed by atoms with Crippen molar-refractivity contribution < 1.29 is 17.9 Å². The van der Waals surface area contributed by atoms with Crippen molar-refractivity contribution in [1.29, 1.82) is 0 Å². The van der Waals surface area contributed by atoms with E-state index in [-0.39, 0.29) is 5.91 Å². The van der Waals surface area contributed by atoms with Crippen LogP contribution in [0, 0.1) is 0 Å². The molecule has 1 N–H and O–H groups in total. The molecule has 2 aromatic rings. The number of amides is 1. The van der Waals surface area contributed by atoms with Crippen molar-refractivity contribution in [2.24, 2.45) is 0 Å². The van der Waals surface area contributed by atoms with Crippen molar-refractivity contribution in [2.45, 2.75) is 13.0 Å². The van der Waals surface area contributed by atoms with Gasteiger partial charge in [0, 0.05) is 7.05 Å². The highest BCUT2D eigenvalue weighted by Crippen LogP contribution is 2.23. The van der Waals surface area contributed by atoms with Crippen LogP contribution in [0.5, 0.6) is 5.75 Å². The number of hydrogen-bond donors (Lipinski definition) is 1. The molecule has 1 amide bonds. The molecule has 2 rings (SSSR count). The lowest BCUT2D eigenvalue weighted by molar-refractivity contribution is -0.122. The number of para-hydroxylation sites is 1. The standard InChI is InChI=1S/C17H19ClN2O4S/c1-12(17(21)19-16-7-5-4-6-15(16)18)24-14-10-8-13(9-11-14)20(2)25(3,22)23/h4-12H,1-3H3,(H,19,21)/t12-/m0/s1. The summed E-state index contributed by atoms with van der Waals surface area (Å²) in [4.78, 5) is 12.2. The van der Waals surface area contributed by atoms with E-state index >= 15 is 0 Å². The minimum Gasteiger partial charge on any atom is -0.481 e. The van der Waals surface area contributed by atoms with E-state index in [2.05, 4.69) is 5.32 Å². The van der Waals surface area contributed by atoms with Crippen molar-refractivity contribution in [3.63, 3.8) is 0 Å². The molecular weight excluding hydrogens is 364 g/mol. The van der Waals surface area contributed by atoms with Gasteiger partial charge in [-0.1, -0.05) is 23.7 Å². The van der Waals surface area contributed by atoms with Crippen LogP contribution in [0.2, 0.25) is 5.02 Å². The SMILES string of the molecule is C[C@H](Oc1ccc(N(C)S(C)(=O)=O)cc1)C(=O)Nc1ccccc1Cl. The number of hydrogen-bond acceptors (Lipinski definition) is 4. The Kier molecular flexibility index (Phi) is 5.92. The summed E-state index contributed by atoms with van der Waals surface area (Å²) >= 11 is 6.01. The largest absolute Gasteiger partial charge is 0.481 e. The summed E-state index contributed by atoms with van der Waals surface area (Å²) in [7, 11) is -1.86. The summed E-state index contributed by atoms with van der Waals surface area (Å²) in [5.41, 5.74) is 1.01. The second-order valence-corrected chi connectivity index (χ2v) is 7.87. The number of ether oxygens (including phenoxy) is 1. The van der Waals surface area contributed by atoms with E-state index in [0.717, 1.165) is 10.6 Å². The third-order valence-corrected chi connectivity index (χ3v) is 5.05. The predicted octanol–water partition coefficient (Wildman–Crippen LogP) is 3.14. The average molecular weight is 383 g/mol. The van der Waals surface area contributed by atoms with Gasteiger partial charge in [-0.05, 0) is 43.3 Å². The smallest absolute Gasteiger partial charge is 0.265 e. The Hall–Kier alpha value is -2.25. The van der Waals surface area contributed by atoms with Crippen LogP contribution in [-0.2, 0) is 14.8 Å². The van der Waals surface area contributed by atoms with Gasteiger partial charge in [0.15, 0.2) is 6.10 Å². The first-order valence-corrected chi connectivity index (χ1v) is 9.67. The van der Waals surface area contributed by atoms with Crippen molar-refractivity contribution in [1.82, 2.24) is 0 Å². The second-order valence-electron chi connectivity index (χ2n) is 5.45. The van der Waals surface area contributed by atoms with E-state index in [4.69, 9.17) is 16.3 Å². The zero-order chi connectivity index (χ0) is 18.6. The number of sulfonamides is 1. The zero-order valence-electron chi connectivity index (χ0n) is 14.1. The van der Waals surface area contributed by atoms with Crippen molar-refractivity contribution in [3.05, 3.63) is 53.6 Å². The van der Waals surface area contributed by atoms with Gasteiger partial charge >= 0.3 is 0 Å². The lowest BCUT2D eigenvalue weighted by Crippen LogP contribution is -2.30. The molecule has 0 bridgehead atoms. The number of nitrogens with zero attached hydrogens (tertiary/aromatic N) is 1. The summed E-state index contributed by atoms with van der Waals surface area (Å²) in [5.74, 6) is 0.109. The van der Waals surface area contributed by atoms with Gasteiger partial charge in [0.1, 0.15) is 5.75 Å². The normalized spacial score (nSPS) is 12.3. The van der Waals surface area contributed by atoms with Gasteiger partial charge in [0.25, 0.3) is 5.91 Å². The lowest BCUT2D eigenvalue weighted by Gasteiger charge is -2.18. The first-order chi connectivity index (χ1) is 11.7. The van der Waals surface area contributed by atoms with Gasteiger partial charge in [-0.15, -0.1) is 0 Å². The molecule has 6 nitrogen and oxygen atoms in total. The van der Waals surface area contributed by atoms with E-state index in [1.165, 1.54) is 7.05 Å². The summed E-state index contributed by atoms with van der Waals surface area (Å²) in [6.45, 7) is 1.61. The second kappa shape index (κ2) is 7.76. The minimum atomic E-state index is -3.33. The Labute approximate surface area is 152 Å². The number of carbonyl (C=O) groups excluding carboxylic acids is 1. The van der Waals surface area contributed by atoms with Crippen LogP contribution in [0.3, 0.4) is 0 Å². The molecule has 0 aromatic heterocycles. The first kappa shape index (κ1) is 19.1. The lowest BCUT2D eigenvalue weighted by atomic mass is 10.2. The topological polar surface area (TPSA) is 75.7 Å². The van der Waals surface area contributed by atoms with Crippen LogP contribution in [0.4, 0.5) is 11.4 Å². The fourth-order valence-electron chi connectivity index (χ4n) is 1.98. The third-order valence-electron chi connectivity index (χ3n) is 3.51. The molecule has 0 fully saturated rings. The molecule has 0 aliphatic rings. The Morgan fingerprint density at radius 1 is 1.16 bits per heavy atom. The van der Waals surface area contributed by atoms with Gasteiger partial charge in [0.05, 0.1) is 22.7 Å². The summed E-state index contributed by atoms with van der Waals surface area (Å²) in [6, 6.07) is 13.3. The molecule has 0 saturated carbocycles. The quantitative estimate of drug-likeness (QED) is 0.832. The van der Waals surface area contributed by atoms with Crippen molar-refractivity contribution in [3.8, 4) is 5.75 Å². The van der Waals surface area contributed by atoms with E-state index in [1.54, 1.807) is 55.5 Å². The molecular formula is C17H19ClN2O4S. The molecule has 0 saturated heterocycles. The Balaban J connectivity index is 2.02. The van der Waals surface area contributed by atoms with Crippen LogP contribution in [0.15, 0.2) is 48.5 Å². The number of halogens is 1. The molecule has 0 unspecified atom stereocenters. The van der Waals surface area contributed by atoms with Crippen LogP contribution in [0.1, 0.15) is 6.92 Å². The van der Waals surface area contributed by atoms with Crippen LogP contribution >= 0.6 is 11.6 Å². The van der Waals surface area contributed by atoms with Gasteiger partial charge < -0.3 is 10.1 Å². The van der Waals surface area contributed by atoms with Crippen LogP contribution in [0.25, 0.3) is 0 Å². The minimum absolute atomic E-state index is 0.342. The van der Waals surface area contributed by atoms with Crippen molar-refractivity contribution >= 4 is 38.9 Å². The molecule has 0 aliphatic carbocycles. The fourth-order valence-corrected chi connectivity index (χ4v) is 2.67. The monoisotopic (exact) mass is 382 g/mol. The number of carbonyl (C=O) groups is 1. The maximum Gasteiger partial charge on any atom is 0.265 e. The summed E-state index contributed by atoms with van der Waals surface area (Å²) < 4.78 is 29.8. The van der Waals surface area contributed by atoms with Gasteiger partial charge in [-0.2, -0.15) is 0 Å². The van der Waals surface area contributed by atoms with E-state index in [1.807, 2.05) is 0 Å². The Morgan fingerprint density at radius 3 is 2.32 bits per heavy atom. The highest BCUT2D eigenvalue weighted by Gasteiger charge is 2.17. The number of nitrogens with one attached hydrogen (secondary N) is 1. The molecule has 8 heteroatoms. The number of benzene rings is 2. The first-order valence-electron chi connectivity index (χ1n) is 7.44. The highest BCUT2D eigenvalue weighted by atomic mass is 35.5. The predicted molar refractivity (Wildman–Crippen MR) is 99.9 cm³/mol. The van der Waals surface area contributed by atoms with Gasteiger partial charge in [0.2, 0.25) is 10.0 Å². The average Bonchev–Trinajstić information content (AvgIpc) is 2.56. The molecule has 2 aromatic carbocycles. The molecule has 0 heterocycles. The molecule has 0 spiro atoms. The van der Waals surface area contributed by atoms with Gasteiger partial charge in [-0.3, -0.25) is 9.10 Å². The van der Waals surface area contributed by atoms with E-state index in [0.29, 0.717) is 22.1 Å². The Morgan fingerprint density at radius 2 is 1.76 bits per heavy atom. The number of rotatable bonds is 6. The van der Waals surface area contributed by atoms with Crippen LogP contribution < -0.4 is 14.4 Å². The van der Waals surface area contributed by atoms with Crippen LogP contribution in [-0.4, -0.2) is 33.7 Å². The maximum atomic E-state index is 12.2. The maximum absolute atomic E-state index is 12.2. The summed E-state index contributed by atoms with van der Waals surface area (Å²) in [6.07, 6.45) is 0.369. The van der Waals surface area contributed by atoms with E-state index < -0.39 is 16.1 Å². The fraction of sp³-hybridized carbons (Fsp3) is 0.235. The molecule has 25 heavy (non-hydrogen) atoms. The number of anilines is 2.